The van der Waals surface area contributed by atoms with E-state index in [0.29, 0.717) is 22.7 Å². The van der Waals surface area contributed by atoms with Crippen molar-refractivity contribution < 1.29 is 44.3 Å². The summed E-state index contributed by atoms with van der Waals surface area (Å²) in [6.07, 6.45) is 3.71. The van der Waals surface area contributed by atoms with Crippen LogP contribution in [0.4, 0.5) is 0 Å². The van der Waals surface area contributed by atoms with Crippen LogP contribution in [-0.2, 0) is 6.54 Å². The summed E-state index contributed by atoms with van der Waals surface area (Å²) in [7, 11) is 0. The summed E-state index contributed by atoms with van der Waals surface area (Å²) in [5, 5.41) is 12.3. The van der Waals surface area contributed by atoms with Crippen LogP contribution in [0.3, 0.4) is 0 Å². The van der Waals surface area contributed by atoms with Crippen molar-refractivity contribution in [3.63, 3.8) is 0 Å². The Labute approximate surface area is 229 Å². The minimum Gasteiger partial charge on any atom is -0.545 e. The van der Waals surface area contributed by atoms with Gasteiger partial charge in [0.2, 0.25) is 0 Å². The maximum absolute atomic E-state index is 13.7. The quantitative estimate of drug-likeness (QED) is 0.415. The number of aromatic carboxylic acids is 1. The summed E-state index contributed by atoms with van der Waals surface area (Å²) in [6.45, 7) is 4.62. The van der Waals surface area contributed by atoms with Gasteiger partial charge in [0.1, 0.15) is 0 Å². The number of rotatable bonds is 10. The molecule has 0 atom stereocenters. The average Bonchev–Trinajstić information content (AvgIpc) is 2.83. The topological polar surface area (TPSA) is 60.4 Å². The van der Waals surface area contributed by atoms with E-state index >= 15 is 0 Å². The van der Waals surface area contributed by atoms with Crippen molar-refractivity contribution in [2.24, 2.45) is 0 Å². The summed E-state index contributed by atoms with van der Waals surface area (Å²) in [6, 6.07) is 21.5. The Morgan fingerprint density at radius 1 is 0.853 bits per heavy atom. The zero-order valence-corrected chi connectivity index (χ0v) is 22.8. The molecule has 1 amide bonds. The van der Waals surface area contributed by atoms with E-state index in [1.54, 1.807) is 42.5 Å². The third kappa shape index (κ3) is 6.96. The van der Waals surface area contributed by atoms with Gasteiger partial charge < -0.3 is 14.8 Å². The van der Waals surface area contributed by atoms with E-state index in [2.05, 4.69) is 13.8 Å². The zero-order valence-electron chi connectivity index (χ0n) is 20.1. The molecule has 0 aliphatic carbocycles. The number of hydrogen-bond donors (Lipinski definition) is 0. The number of halogens is 1. The minimum absolute atomic E-state index is 0. The van der Waals surface area contributed by atoms with Gasteiger partial charge in [-0.1, -0.05) is 86.8 Å². The zero-order chi connectivity index (χ0) is 23.8. The van der Waals surface area contributed by atoms with E-state index in [1.807, 2.05) is 35.2 Å². The van der Waals surface area contributed by atoms with Gasteiger partial charge in [0, 0.05) is 28.7 Å². The molecule has 4 nitrogen and oxygen atoms in total. The second-order valence-electron chi connectivity index (χ2n) is 8.16. The van der Waals surface area contributed by atoms with Gasteiger partial charge in [0.15, 0.2) is 0 Å². The Balaban J connectivity index is 0.00000408. The van der Waals surface area contributed by atoms with Gasteiger partial charge in [0.25, 0.3) is 5.91 Å². The Hall–Kier alpha value is -2.11. The van der Waals surface area contributed by atoms with Gasteiger partial charge in [-0.25, -0.2) is 0 Å². The van der Waals surface area contributed by atoms with E-state index in [0.717, 1.165) is 36.8 Å². The molecule has 3 rings (SSSR count). The molecule has 0 spiro atoms. The van der Waals surface area contributed by atoms with Crippen LogP contribution < -0.4 is 34.7 Å². The number of carboxylic acid groups (broad SMARTS) is 1. The number of amides is 1. The van der Waals surface area contributed by atoms with Crippen LogP contribution in [0.5, 0.6) is 0 Å². The van der Waals surface area contributed by atoms with Crippen molar-refractivity contribution in [3.05, 3.63) is 94.5 Å². The Morgan fingerprint density at radius 2 is 1.41 bits per heavy atom. The number of carbonyl (C=O) groups excluding carboxylic acids is 2. The molecule has 0 heterocycles. The molecular weight excluding hydrogens is 457 g/mol. The molecule has 0 aliphatic heterocycles. The maximum atomic E-state index is 13.7. The molecule has 0 unspecified atom stereocenters. The molecule has 6 heteroatoms. The molecule has 172 valence electrons. The van der Waals surface area contributed by atoms with Gasteiger partial charge in [0.05, 0.1) is 5.97 Å². The summed E-state index contributed by atoms with van der Waals surface area (Å²) in [5.41, 5.74) is 3.00. The van der Waals surface area contributed by atoms with Crippen LogP contribution in [0.2, 0.25) is 5.02 Å². The first-order valence-electron chi connectivity index (χ1n) is 11.4. The first-order chi connectivity index (χ1) is 16.0. The van der Waals surface area contributed by atoms with Crippen LogP contribution in [0.1, 0.15) is 65.8 Å². The van der Waals surface area contributed by atoms with Crippen molar-refractivity contribution in [2.45, 2.75) is 52.1 Å². The van der Waals surface area contributed by atoms with Gasteiger partial charge in [-0.05, 0) is 53.8 Å². The molecule has 0 aromatic heterocycles. The predicted molar refractivity (Wildman–Crippen MR) is 131 cm³/mol. The summed E-state index contributed by atoms with van der Waals surface area (Å²) < 4.78 is 0. The number of hydrogen-bond acceptors (Lipinski definition) is 3. The van der Waals surface area contributed by atoms with Crippen LogP contribution in [0.25, 0.3) is 11.1 Å². The maximum Gasteiger partial charge on any atom is 1.00 e. The summed E-state index contributed by atoms with van der Waals surface area (Å²) >= 11 is 6.04. The monoisotopic (exact) mass is 485 g/mol. The average molecular weight is 486 g/mol. The predicted octanol–water partition coefficient (Wildman–Crippen LogP) is 2.99. The van der Waals surface area contributed by atoms with Gasteiger partial charge in [-0.2, -0.15) is 0 Å². The molecule has 0 fully saturated rings. The fraction of sp³-hybridized carbons (Fsp3) is 0.286. The van der Waals surface area contributed by atoms with E-state index in [-0.39, 0.29) is 47.1 Å². The molecule has 0 aliphatic rings. The Bertz CT molecular complexity index is 1090. The number of carboxylic acids is 1. The molecule has 0 N–H and O–H groups in total. The summed E-state index contributed by atoms with van der Waals surface area (Å²) in [4.78, 5) is 27.3. The molecule has 0 bridgehead atoms. The Morgan fingerprint density at radius 3 is 2.00 bits per heavy atom. The second-order valence-corrected chi connectivity index (χ2v) is 8.60. The van der Waals surface area contributed by atoms with E-state index in [9.17, 15) is 14.7 Å². The standard InChI is InChI=1S/C28H30ClNO3.Na/c1-3-9-23(10-4-2)30(27(31)20-15-17-22(29)18-16-20)19-21-11-5-6-12-24(21)25-13-7-8-14-26(25)28(32)33;/h5-8,11-18,23H,3-4,9-10,19H2,1-2H3,(H,32,33);/q;+1/p-1. The minimum atomic E-state index is -1.22. The SMILES string of the molecule is CCCC(CCC)N(Cc1ccccc1-c1ccccc1C(=O)[O-])C(=O)c1ccc(Cl)cc1.[Na+]. The number of carbonyl (C=O) groups is 2. The van der Waals surface area contributed by atoms with Crippen LogP contribution in [0, 0.1) is 0 Å². The first-order valence-corrected chi connectivity index (χ1v) is 11.8. The fourth-order valence-electron chi connectivity index (χ4n) is 4.25. The van der Waals surface area contributed by atoms with E-state index < -0.39 is 5.97 Å². The van der Waals surface area contributed by atoms with Crippen molar-refractivity contribution in [1.82, 2.24) is 4.90 Å². The van der Waals surface area contributed by atoms with Crippen molar-refractivity contribution in [3.8, 4) is 11.1 Å². The van der Waals surface area contributed by atoms with Gasteiger partial charge in [-0.15, -0.1) is 0 Å². The largest absolute Gasteiger partial charge is 1.00 e. The number of benzene rings is 3. The second kappa shape index (κ2) is 13.7. The van der Waals surface area contributed by atoms with Crippen molar-refractivity contribution in [1.29, 1.82) is 0 Å². The molecule has 0 radical (unpaired) electrons. The molecule has 0 saturated heterocycles. The number of nitrogens with zero attached hydrogens (tertiary/aromatic N) is 1. The van der Waals surface area contributed by atoms with Crippen LogP contribution >= 0.6 is 11.6 Å². The van der Waals surface area contributed by atoms with E-state index in [4.69, 9.17) is 11.6 Å². The Kier molecular flexibility index (Phi) is 11.3. The van der Waals surface area contributed by atoms with Crippen LogP contribution in [0.15, 0.2) is 72.8 Å². The third-order valence-electron chi connectivity index (χ3n) is 5.83. The van der Waals surface area contributed by atoms with E-state index in [1.165, 1.54) is 0 Å². The molecular formula is C28H29ClNNaO3. The van der Waals surface area contributed by atoms with Crippen molar-refractivity contribution in [2.75, 3.05) is 0 Å². The molecule has 34 heavy (non-hydrogen) atoms. The summed E-state index contributed by atoms with van der Waals surface area (Å²) in [5.74, 6) is -1.27. The first kappa shape index (κ1) is 28.1. The molecule has 3 aromatic carbocycles. The van der Waals surface area contributed by atoms with Gasteiger partial charge in [-0.3, -0.25) is 4.79 Å². The third-order valence-corrected chi connectivity index (χ3v) is 6.08. The van der Waals surface area contributed by atoms with Crippen LogP contribution in [-0.4, -0.2) is 22.8 Å². The normalized spacial score (nSPS) is 10.6. The fourth-order valence-corrected chi connectivity index (χ4v) is 4.37. The van der Waals surface area contributed by atoms with Crippen molar-refractivity contribution >= 4 is 23.5 Å². The van der Waals surface area contributed by atoms with Gasteiger partial charge >= 0.3 is 29.6 Å². The molecule has 0 saturated carbocycles. The molecule has 3 aromatic rings. The smallest absolute Gasteiger partial charge is 0.545 e.